The number of carbonyl (C=O) groups is 2. The van der Waals surface area contributed by atoms with Crippen LogP contribution in [0.3, 0.4) is 0 Å². The fraction of sp³-hybridized carbons (Fsp3) is 0.351. The van der Waals surface area contributed by atoms with Crippen molar-refractivity contribution in [1.29, 1.82) is 0 Å². The molecule has 1 heterocycles. The van der Waals surface area contributed by atoms with Gasteiger partial charge in [-0.05, 0) is 56.6 Å². The molecule has 6 nitrogen and oxygen atoms in total. The number of benzene rings is 3. The van der Waals surface area contributed by atoms with Crippen LogP contribution in [0.15, 0.2) is 101 Å². The van der Waals surface area contributed by atoms with Crippen molar-refractivity contribution < 1.29 is 19.1 Å². The van der Waals surface area contributed by atoms with Gasteiger partial charge in [0.05, 0.1) is 40.8 Å². The molecule has 1 atom stereocenters. The lowest BCUT2D eigenvalue weighted by atomic mass is 9.80. The Morgan fingerprint density at radius 1 is 0.867 bits per heavy atom. The van der Waals surface area contributed by atoms with E-state index in [1.165, 1.54) is 18.2 Å². The molecule has 3 aromatic rings. The average Bonchev–Trinajstić information content (AvgIpc) is 3.01. The summed E-state index contributed by atoms with van der Waals surface area (Å²) in [5.74, 6) is -1.62. The van der Waals surface area contributed by atoms with Gasteiger partial charge in [-0.15, -0.1) is 0 Å². The number of dihydropyridines is 1. The zero-order valence-electron chi connectivity index (χ0n) is 26.8. The van der Waals surface area contributed by atoms with Crippen molar-refractivity contribution in [3.63, 3.8) is 0 Å². The minimum atomic E-state index is -0.809. The van der Waals surface area contributed by atoms with Gasteiger partial charge in [-0.2, -0.15) is 0 Å². The summed E-state index contributed by atoms with van der Waals surface area (Å²) in [7, 11) is 3.41. The predicted molar refractivity (Wildman–Crippen MR) is 181 cm³/mol. The molecule has 1 aliphatic heterocycles. The zero-order chi connectivity index (χ0) is 32.7. The van der Waals surface area contributed by atoms with Gasteiger partial charge < -0.3 is 19.7 Å². The average molecular weight is 650 g/mol. The SMILES string of the molecule is COC(=O)C1=C(C)NC(C)=C(C(=O)OCC(C)(C)CN(C)CCC(c2ccccc2)c2ccccc2)C1c1cccc(Cl)c1Cl. The molecular formula is C37H42Cl2N2O4. The van der Waals surface area contributed by atoms with Gasteiger partial charge in [0.2, 0.25) is 0 Å². The largest absolute Gasteiger partial charge is 0.466 e. The summed E-state index contributed by atoms with van der Waals surface area (Å²) < 4.78 is 11.1. The molecule has 45 heavy (non-hydrogen) atoms. The normalized spacial score (nSPS) is 15.4. The van der Waals surface area contributed by atoms with E-state index in [0.717, 1.165) is 13.0 Å². The monoisotopic (exact) mass is 648 g/mol. The molecular weight excluding hydrogens is 607 g/mol. The van der Waals surface area contributed by atoms with Crippen molar-refractivity contribution in [3.8, 4) is 0 Å². The van der Waals surface area contributed by atoms with Crippen LogP contribution in [-0.2, 0) is 19.1 Å². The highest BCUT2D eigenvalue weighted by Crippen LogP contribution is 2.43. The number of hydrogen-bond acceptors (Lipinski definition) is 6. The third-order valence-electron chi connectivity index (χ3n) is 8.17. The van der Waals surface area contributed by atoms with E-state index in [0.29, 0.717) is 34.1 Å². The van der Waals surface area contributed by atoms with E-state index in [1.54, 1.807) is 32.0 Å². The van der Waals surface area contributed by atoms with E-state index in [9.17, 15) is 9.59 Å². The molecule has 0 radical (unpaired) electrons. The molecule has 0 fully saturated rings. The fourth-order valence-corrected chi connectivity index (χ4v) is 6.56. The predicted octanol–water partition coefficient (Wildman–Crippen LogP) is 8.12. The van der Waals surface area contributed by atoms with Gasteiger partial charge in [0.25, 0.3) is 0 Å². The third-order valence-corrected chi connectivity index (χ3v) is 9.01. The highest BCUT2D eigenvalue weighted by atomic mass is 35.5. The van der Waals surface area contributed by atoms with Crippen LogP contribution in [0.5, 0.6) is 0 Å². The van der Waals surface area contributed by atoms with Gasteiger partial charge in [0, 0.05) is 29.3 Å². The maximum atomic E-state index is 13.8. The second-order valence-electron chi connectivity index (χ2n) is 12.4. The first-order chi connectivity index (χ1) is 21.4. The number of carbonyl (C=O) groups excluding carboxylic acids is 2. The second kappa shape index (κ2) is 15.1. The number of rotatable bonds is 12. The van der Waals surface area contributed by atoms with Gasteiger partial charge in [0.1, 0.15) is 0 Å². The molecule has 0 spiro atoms. The van der Waals surface area contributed by atoms with Gasteiger partial charge in [0.15, 0.2) is 0 Å². The quantitative estimate of drug-likeness (QED) is 0.200. The maximum Gasteiger partial charge on any atom is 0.336 e. The minimum Gasteiger partial charge on any atom is -0.466 e. The number of nitrogens with one attached hydrogen (secondary N) is 1. The molecule has 3 aromatic carbocycles. The Balaban J connectivity index is 1.47. The topological polar surface area (TPSA) is 67.9 Å². The van der Waals surface area contributed by atoms with Crippen molar-refractivity contribution in [2.24, 2.45) is 5.41 Å². The Morgan fingerprint density at radius 3 is 1.98 bits per heavy atom. The lowest BCUT2D eigenvalue weighted by molar-refractivity contribution is -0.142. The first kappa shape index (κ1) is 34.3. The number of nitrogens with zero attached hydrogens (tertiary/aromatic N) is 1. The first-order valence-electron chi connectivity index (χ1n) is 15.1. The highest BCUT2D eigenvalue weighted by Gasteiger charge is 2.39. The summed E-state index contributed by atoms with van der Waals surface area (Å²) in [6.07, 6.45) is 0.947. The Bertz CT molecular complexity index is 1530. The van der Waals surface area contributed by atoms with E-state index in [-0.39, 0.29) is 28.5 Å². The molecule has 1 aliphatic rings. The van der Waals surface area contributed by atoms with Crippen molar-refractivity contribution in [3.05, 3.63) is 128 Å². The smallest absolute Gasteiger partial charge is 0.336 e. The molecule has 4 rings (SSSR count). The first-order valence-corrected chi connectivity index (χ1v) is 15.9. The van der Waals surface area contributed by atoms with Gasteiger partial charge in [-0.3, -0.25) is 0 Å². The lowest BCUT2D eigenvalue weighted by Crippen LogP contribution is -2.37. The van der Waals surface area contributed by atoms with Crippen LogP contribution in [0, 0.1) is 5.41 Å². The number of esters is 2. The molecule has 0 bridgehead atoms. The lowest BCUT2D eigenvalue weighted by Gasteiger charge is -2.33. The highest BCUT2D eigenvalue weighted by molar-refractivity contribution is 6.42. The van der Waals surface area contributed by atoms with Crippen LogP contribution in [0.1, 0.15) is 62.6 Å². The minimum absolute atomic E-state index is 0.181. The van der Waals surface area contributed by atoms with E-state index in [1.807, 2.05) is 12.1 Å². The summed E-state index contributed by atoms with van der Waals surface area (Å²) in [5, 5.41) is 3.76. The summed E-state index contributed by atoms with van der Waals surface area (Å²) >= 11 is 13.0. The summed E-state index contributed by atoms with van der Waals surface area (Å²) in [4.78, 5) is 29.1. The molecule has 0 amide bonds. The summed E-state index contributed by atoms with van der Waals surface area (Å²) in [5.41, 5.74) is 4.49. The third kappa shape index (κ3) is 8.37. The molecule has 0 aromatic heterocycles. The molecule has 238 valence electrons. The molecule has 1 unspecified atom stereocenters. The van der Waals surface area contributed by atoms with Crippen LogP contribution in [0.25, 0.3) is 0 Å². The Kier molecular flexibility index (Phi) is 11.5. The second-order valence-corrected chi connectivity index (χ2v) is 13.2. The van der Waals surface area contributed by atoms with E-state index in [2.05, 4.69) is 79.6 Å². The van der Waals surface area contributed by atoms with Crippen molar-refractivity contribution >= 4 is 35.1 Å². The molecule has 0 aliphatic carbocycles. The van der Waals surface area contributed by atoms with Crippen LogP contribution in [0.4, 0.5) is 0 Å². The number of ether oxygens (including phenoxy) is 2. The number of halogens is 2. The fourth-order valence-electron chi connectivity index (χ4n) is 6.14. The van der Waals surface area contributed by atoms with Crippen LogP contribution in [-0.4, -0.2) is 50.7 Å². The van der Waals surface area contributed by atoms with Crippen molar-refractivity contribution in [2.75, 3.05) is 33.9 Å². The Hall–Kier alpha value is -3.58. The van der Waals surface area contributed by atoms with Crippen LogP contribution in [0.2, 0.25) is 10.0 Å². The van der Waals surface area contributed by atoms with Gasteiger partial charge >= 0.3 is 11.9 Å². The summed E-state index contributed by atoms with van der Waals surface area (Å²) in [6.45, 7) is 9.47. The number of methoxy groups -OCH3 is 1. The Labute approximate surface area is 277 Å². The zero-order valence-corrected chi connectivity index (χ0v) is 28.3. The van der Waals surface area contributed by atoms with E-state index in [4.69, 9.17) is 32.7 Å². The standard InChI is InChI=1S/C37H42Cl2N2O4/c1-24-31(35(42)44-6)33(29-18-13-19-30(38)34(29)39)32(25(2)40-24)36(43)45-23-37(3,4)22-41(5)21-20-28(26-14-9-7-10-15-26)27-16-11-8-12-17-27/h7-19,28,33,40H,20-23H2,1-6H3. The van der Waals surface area contributed by atoms with E-state index >= 15 is 0 Å². The van der Waals surface area contributed by atoms with Crippen molar-refractivity contribution in [2.45, 2.75) is 46.0 Å². The van der Waals surface area contributed by atoms with Crippen molar-refractivity contribution in [1.82, 2.24) is 10.2 Å². The Morgan fingerprint density at radius 2 is 1.42 bits per heavy atom. The molecule has 0 saturated heterocycles. The molecule has 0 saturated carbocycles. The van der Waals surface area contributed by atoms with E-state index < -0.39 is 17.9 Å². The summed E-state index contributed by atoms with van der Waals surface area (Å²) in [6, 6.07) is 26.3. The molecule has 8 heteroatoms. The number of allylic oxidation sites excluding steroid dienone is 2. The van der Waals surface area contributed by atoms with Crippen LogP contribution >= 0.6 is 23.2 Å². The maximum absolute atomic E-state index is 13.8. The van der Waals surface area contributed by atoms with Gasteiger partial charge in [-0.25, -0.2) is 9.59 Å². The van der Waals surface area contributed by atoms with Crippen LogP contribution < -0.4 is 5.32 Å². The molecule has 1 N–H and O–H groups in total. The van der Waals surface area contributed by atoms with Gasteiger partial charge in [-0.1, -0.05) is 110 Å². The number of hydrogen-bond donors (Lipinski definition) is 1.